The minimum atomic E-state index is 0.541. The number of rotatable bonds is 12. The van der Waals surface area contributed by atoms with Gasteiger partial charge in [-0.25, -0.2) is 0 Å². The summed E-state index contributed by atoms with van der Waals surface area (Å²) in [6.45, 7) is 2.26. The van der Waals surface area contributed by atoms with Gasteiger partial charge in [-0.05, 0) is 6.42 Å². The molecule has 4 heteroatoms. The minimum Gasteiger partial charge on any atom is -0.425 e. The van der Waals surface area contributed by atoms with Crippen LogP contribution in [-0.4, -0.2) is 16.1 Å². The van der Waals surface area contributed by atoms with Crippen LogP contribution in [0.1, 0.15) is 76.5 Å². The second-order valence-corrected chi connectivity index (χ2v) is 5.48. The first-order valence-electron chi connectivity index (χ1n) is 7.74. The fourth-order valence-corrected chi connectivity index (χ4v) is 2.32. The number of hydrogen-bond donors (Lipinski definition) is 0. The lowest BCUT2D eigenvalue weighted by molar-refractivity contribution is 0.443. The summed E-state index contributed by atoms with van der Waals surface area (Å²) in [5.74, 6) is 1.98. The molecule has 0 aliphatic rings. The summed E-state index contributed by atoms with van der Waals surface area (Å²) in [5.41, 5.74) is 0. The molecule has 1 rings (SSSR count). The van der Waals surface area contributed by atoms with E-state index in [1.807, 2.05) is 0 Å². The van der Waals surface area contributed by atoms with Crippen LogP contribution in [0.5, 0.6) is 0 Å². The molecular formula is C15H27ClN2O. The lowest BCUT2D eigenvalue weighted by Gasteiger charge is -2.00. The van der Waals surface area contributed by atoms with Gasteiger partial charge in [-0.1, -0.05) is 58.3 Å². The van der Waals surface area contributed by atoms with Crippen molar-refractivity contribution in [1.82, 2.24) is 10.2 Å². The molecule has 1 heterocycles. The second-order valence-electron chi connectivity index (χ2n) is 5.11. The summed E-state index contributed by atoms with van der Waals surface area (Å²) >= 11 is 5.62. The van der Waals surface area contributed by atoms with Crippen LogP contribution in [0.15, 0.2) is 4.42 Å². The van der Waals surface area contributed by atoms with Crippen molar-refractivity contribution in [2.24, 2.45) is 0 Å². The number of aryl methyl sites for hydroxylation is 2. The molecule has 110 valence electrons. The zero-order valence-corrected chi connectivity index (χ0v) is 12.9. The molecule has 3 nitrogen and oxygen atoms in total. The van der Waals surface area contributed by atoms with E-state index >= 15 is 0 Å². The van der Waals surface area contributed by atoms with Gasteiger partial charge < -0.3 is 4.42 Å². The zero-order chi connectivity index (χ0) is 13.8. The van der Waals surface area contributed by atoms with Gasteiger partial charge >= 0.3 is 0 Å². The van der Waals surface area contributed by atoms with Crippen LogP contribution in [0, 0.1) is 0 Å². The molecule has 0 radical (unpaired) electrons. The third kappa shape index (κ3) is 8.25. The molecule has 0 saturated heterocycles. The Morgan fingerprint density at radius 1 is 0.789 bits per heavy atom. The summed E-state index contributed by atoms with van der Waals surface area (Å²) in [5, 5.41) is 7.99. The lowest BCUT2D eigenvalue weighted by atomic mass is 10.1. The monoisotopic (exact) mass is 286 g/mol. The Balaban J connectivity index is 1.92. The number of halogens is 1. The number of aromatic nitrogens is 2. The van der Waals surface area contributed by atoms with Gasteiger partial charge in [-0.15, -0.1) is 21.8 Å². The summed E-state index contributed by atoms with van der Waals surface area (Å²) < 4.78 is 5.49. The molecule has 0 saturated carbocycles. The van der Waals surface area contributed by atoms with Crippen LogP contribution < -0.4 is 0 Å². The largest absolute Gasteiger partial charge is 0.425 e. The van der Waals surface area contributed by atoms with Crippen LogP contribution in [0.25, 0.3) is 0 Å². The van der Waals surface area contributed by atoms with Crippen molar-refractivity contribution in [1.29, 1.82) is 0 Å². The SMILES string of the molecule is CCCCCCCCCCCc1nnc(CCCl)o1. The van der Waals surface area contributed by atoms with Gasteiger partial charge in [0.15, 0.2) is 0 Å². The smallest absolute Gasteiger partial charge is 0.217 e. The molecule has 0 amide bonds. The molecule has 0 aliphatic heterocycles. The van der Waals surface area contributed by atoms with E-state index in [1.165, 1.54) is 51.4 Å². The molecule has 19 heavy (non-hydrogen) atoms. The first kappa shape index (κ1) is 16.5. The van der Waals surface area contributed by atoms with E-state index in [1.54, 1.807) is 0 Å². The van der Waals surface area contributed by atoms with Gasteiger partial charge in [0, 0.05) is 18.7 Å². The predicted octanol–water partition coefficient (Wildman–Crippen LogP) is 4.92. The Labute approximate surface area is 122 Å². The fourth-order valence-electron chi connectivity index (χ4n) is 2.16. The van der Waals surface area contributed by atoms with Gasteiger partial charge in [0.2, 0.25) is 11.8 Å². The Morgan fingerprint density at radius 3 is 1.89 bits per heavy atom. The molecule has 0 unspecified atom stereocenters. The van der Waals surface area contributed by atoms with Gasteiger partial charge in [0.05, 0.1) is 0 Å². The van der Waals surface area contributed by atoms with Crippen molar-refractivity contribution >= 4 is 11.6 Å². The third-order valence-corrected chi connectivity index (χ3v) is 3.50. The topological polar surface area (TPSA) is 38.9 Å². The molecule has 0 spiro atoms. The Hall–Kier alpha value is -0.570. The van der Waals surface area contributed by atoms with Gasteiger partial charge in [0.25, 0.3) is 0 Å². The average molecular weight is 287 g/mol. The van der Waals surface area contributed by atoms with E-state index < -0.39 is 0 Å². The van der Waals surface area contributed by atoms with E-state index in [4.69, 9.17) is 16.0 Å². The molecule has 0 bridgehead atoms. The predicted molar refractivity (Wildman–Crippen MR) is 79.7 cm³/mol. The van der Waals surface area contributed by atoms with Crippen molar-refractivity contribution in [2.75, 3.05) is 5.88 Å². The number of hydrogen-bond acceptors (Lipinski definition) is 3. The maximum absolute atomic E-state index is 5.62. The molecule has 1 aromatic heterocycles. The maximum Gasteiger partial charge on any atom is 0.217 e. The number of alkyl halides is 1. The Bertz CT molecular complexity index is 315. The van der Waals surface area contributed by atoms with E-state index in [-0.39, 0.29) is 0 Å². The van der Waals surface area contributed by atoms with Crippen molar-refractivity contribution < 1.29 is 4.42 Å². The van der Waals surface area contributed by atoms with E-state index in [2.05, 4.69) is 17.1 Å². The molecule has 1 aromatic rings. The van der Waals surface area contributed by atoms with Crippen LogP contribution in [0.2, 0.25) is 0 Å². The molecule has 0 aliphatic carbocycles. The van der Waals surface area contributed by atoms with Gasteiger partial charge in [-0.3, -0.25) is 0 Å². The summed E-state index contributed by atoms with van der Waals surface area (Å²) in [6, 6.07) is 0. The number of nitrogens with zero attached hydrogens (tertiary/aromatic N) is 2. The fraction of sp³-hybridized carbons (Fsp3) is 0.867. The highest BCUT2D eigenvalue weighted by atomic mass is 35.5. The quantitative estimate of drug-likeness (QED) is 0.404. The first-order valence-corrected chi connectivity index (χ1v) is 8.27. The van der Waals surface area contributed by atoms with Crippen LogP contribution in [0.4, 0.5) is 0 Å². The normalized spacial score (nSPS) is 11.1. The molecule has 0 fully saturated rings. The zero-order valence-electron chi connectivity index (χ0n) is 12.2. The highest BCUT2D eigenvalue weighted by Crippen LogP contribution is 2.11. The standard InChI is InChI=1S/C15H27ClN2O/c1-2-3-4-5-6-7-8-9-10-11-14-17-18-15(19-14)12-13-16/h2-13H2,1H3. The highest BCUT2D eigenvalue weighted by molar-refractivity contribution is 6.17. The van der Waals surface area contributed by atoms with Gasteiger partial charge in [0.1, 0.15) is 0 Å². The van der Waals surface area contributed by atoms with E-state index in [0.29, 0.717) is 18.2 Å². The molecular weight excluding hydrogens is 260 g/mol. The van der Waals surface area contributed by atoms with Crippen molar-refractivity contribution in [3.8, 4) is 0 Å². The van der Waals surface area contributed by atoms with Crippen molar-refractivity contribution in [3.63, 3.8) is 0 Å². The Kier molecular flexibility index (Phi) is 9.78. The van der Waals surface area contributed by atoms with Crippen LogP contribution >= 0.6 is 11.6 Å². The maximum atomic E-state index is 5.62. The average Bonchev–Trinajstić information content (AvgIpc) is 2.85. The Morgan fingerprint density at radius 2 is 1.32 bits per heavy atom. The first-order chi connectivity index (χ1) is 9.36. The third-order valence-electron chi connectivity index (χ3n) is 3.31. The van der Waals surface area contributed by atoms with Crippen molar-refractivity contribution in [3.05, 3.63) is 11.8 Å². The van der Waals surface area contributed by atoms with Crippen LogP contribution in [-0.2, 0) is 12.8 Å². The molecule has 0 aromatic carbocycles. The van der Waals surface area contributed by atoms with Gasteiger partial charge in [-0.2, -0.15) is 0 Å². The summed E-state index contributed by atoms with van der Waals surface area (Å²) in [7, 11) is 0. The summed E-state index contributed by atoms with van der Waals surface area (Å²) in [6.07, 6.45) is 13.6. The van der Waals surface area contributed by atoms with Crippen LogP contribution in [0.3, 0.4) is 0 Å². The lowest BCUT2D eigenvalue weighted by Crippen LogP contribution is -1.86. The summed E-state index contributed by atoms with van der Waals surface area (Å²) in [4.78, 5) is 0. The van der Waals surface area contributed by atoms with E-state index in [9.17, 15) is 0 Å². The molecule has 0 atom stereocenters. The van der Waals surface area contributed by atoms with E-state index in [0.717, 1.165) is 18.7 Å². The second kappa shape index (κ2) is 11.3. The minimum absolute atomic E-state index is 0.541. The molecule has 0 N–H and O–H groups in total. The number of unbranched alkanes of at least 4 members (excludes halogenated alkanes) is 8. The van der Waals surface area contributed by atoms with Crippen molar-refractivity contribution in [2.45, 2.75) is 77.6 Å². The highest BCUT2D eigenvalue weighted by Gasteiger charge is 2.04.